The van der Waals surface area contributed by atoms with Gasteiger partial charge >= 0.3 is 0 Å². The van der Waals surface area contributed by atoms with Gasteiger partial charge in [-0.05, 0) is 37.8 Å². The minimum Gasteiger partial charge on any atom is -0.396 e. The monoisotopic (exact) mass is 479 g/mol. The molecule has 0 aliphatic carbocycles. The molecule has 1 rings (SSSR count). The van der Waals surface area contributed by atoms with E-state index in [1.165, 1.54) is 4.90 Å². The fourth-order valence-electron chi connectivity index (χ4n) is 2.49. The first-order chi connectivity index (χ1) is 11.7. The zero-order valence-corrected chi connectivity index (χ0v) is 18.8. The summed E-state index contributed by atoms with van der Waals surface area (Å²) in [6, 6.07) is 10.5. The van der Waals surface area contributed by atoms with Crippen molar-refractivity contribution in [2.75, 3.05) is 26.2 Å². The standard InChI is InChI=1S/C19H33N3OS.HI/c1-4-9-17(12-13-23)15-22-19(20-5-2)21-14-16(3)24-18-10-7-6-8-11-18;/h6-8,10-11,16-17,23H,4-5,9,12-15H2,1-3H3,(H2,20,21,22);1H. The summed E-state index contributed by atoms with van der Waals surface area (Å²) in [6.07, 6.45) is 3.08. The maximum atomic E-state index is 9.17. The quantitative estimate of drug-likeness (QED) is 0.193. The van der Waals surface area contributed by atoms with Crippen LogP contribution in [0.2, 0.25) is 0 Å². The molecule has 25 heavy (non-hydrogen) atoms. The molecule has 2 unspecified atom stereocenters. The van der Waals surface area contributed by atoms with E-state index in [1.807, 2.05) is 17.8 Å². The lowest BCUT2D eigenvalue weighted by molar-refractivity contribution is 0.253. The molecule has 1 aromatic rings. The SMILES string of the molecule is CCCC(CCO)CN=C(NCC)NCC(C)Sc1ccccc1.I. The lowest BCUT2D eigenvalue weighted by Crippen LogP contribution is -2.40. The number of hydrogen-bond acceptors (Lipinski definition) is 3. The molecule has 6 heteroatoms. The Morgan fingerprint density at radius 3 is 2.48 bits per heavy atom. The fraction of sp³-hybridized carbons (Fsp3) is 0.632. The van der Waals surface area contributed by atoms with Crippen molar-refractivity contribution < 1.29 is 5.11 Å². The van der Waals surface area contributed by atoms with E-state index in [0.29, 0.717) is 11.2 Å². The topological polar surface area (TPSA) is 56.7 Å². The van der Waals surface area contributed by atoms with Crippen LogP contribution in [0.3, 0.4) is 0 Å². The highest BCUT2D eigenvalue weighted by Gasteiger charge is 2.09. The second-order valence-corrected chi connectivity index (χ2v) is 7.52. The van der Waals surface area contributed by atoms with Gasteiger partial charge in [0.25, 0.3) is 0 Å². The van der Waals surface area contributed by atoms with Gasteiger partial charge in [-0.2, -0.15) is 0 Å². The van der Waals surface area contributed by atoms with Gasteiger partial charge in [-0.3, -0.25) is 4.99 Å². The van der Waals surface area contributed by atoms with Crippen molar-refractivity contribution >= 4 is 41.7 Å². The first-order valence-corrected chi connectivity index (χ1v) is 9.92. The summed E-state index contributed by atoms with van der Waals surface area (Å²) in [7, 11) is 0. The van der Waals surface area contributed by atoms with Crippen molar-refractivity contribution in [3.05, 3.63) is 30.3 Å². The highest BCUT2D eigenvalue weighted by atomic mass is 127. The van der Waals surface area contributed by atoms with Crippen LogP contribution in [0.25, 0.3) is 0 Å². The highest BCUT2D eigenvalue weighted by Crippen LogP contribution is 2.21. The first-order valence-electron chi connectivity index (χ1n) is 9.04. The Morgan fingerprint density at radius 2 is 1.88 bits per heavy atom. The number of aliphatic imine (C=N–C) groups is 1. The molecule has 0 saturated carbocycles. The van der Waals surface area contributed by atoms with Gasteiger partial charge in [-0.25, -0.2) is 0 Å². The Labute approximate surface area is 174 Å². The lowest BCUT2D eigenvalue weighted by atomic mass is 10.0. The van der Waals surface area contributed by atoms with E-state index >= 15 is 0 Å². The molecule has 1 aromatic carbocycles. The van der Waals surface area contributed by atoms with E-state index < -0.39 is 0 Å². The fourth-order valence-corrected chi connectivity index (χ4v) is 3.44. The van der Waals surface area contributed by atoms with E-state index in [-0.39, 0.29) is 30.6 Å². The Hall–Kier alpha value is -0.470. The second-order valence-electron chi connectivity index (χ2n) is 6.01. The van der Waals surface area contributed by atoms with Gasteiger partial charge in [0.2, 0.25) is 0 Å². The largest absolute Gasteiger partial charge is 0.396 e. The van der Waals surface area contributed by atoms with E-state index in [0.717, 1.165) is 44.9 Å². The molecule has 144 valence electrons. The van der Waals surface area contributed by atoms with Gasteiger partial charge in [0.15, 0.2) is 5.96 Å². The normalized spacial score (nSPS) is 13.7. The molecule has 4 nitrogen and oxygen atoms in total. The second kappa shape index (κ2) is 15.8. The number of halogens is 1. The van der Waals surface area contributed by atoms with Crippen LogP contribution in [-0.2, 0) is 0 Å². The van der Waals surface area contributed by atoms with Crippen molar-refractivity contribution in [1.82, 2.24) is 10.6 Å². The Morgan fingerprint density at radius 1 is 1.16 bits per heavy atom. The van der Waals surface area contributed by atoms with Crippen molar-refractivity contribution in [1.29, 1.82) is 0 Å². The van der Waals surface area contributed by atoms with Crippen LogP contribution in [0.1, 0.15) is 40.0 Å². The minimum atomic E-state index is 0. The smallest absolute Gasteiger partial charge is 0.191 e. The Balaban J connectivity index is 0.00000576. The van der Waals surface area contributed by atoms with Crippen LogP contribution in [0.4, 0.5) is 0 Å². The molecule has 0 fully saturated rings. The Kier molecular flexibility index (Phi) is 15.5. The zero-order valence-electron chi connectivity index (χ0n) is 15.7. The number of aliphatic hydroxyl groups is 1. The van der Waals surface area contributed by atoms with E-state index in [9.17, 15) is 0 Å². The van der Waals surface area contributed by atoms with Crippen molar-refractivity contribution in [2.24, 2.45) is 10.9 Å². The molecule has 2 atom stereocenters. The molecule has 0 amide bonds. The zero-order chi connectivity index (χ0) is 17.6. The third-order valence-electron chi connectivity index (χ3n) is 3.72. The van der Waals surface area contributed by atoms with Crippen molar-refractivity contribution in [2.45, 2.75) is 50.2 Å². The van der Waals surface area contributed by atoms with E-state index in [1.54, 1.807) is 0 Å². The number of aliphatic hydroxyl groups excluding tert-OH is 1. The predicted molar refractivity (Wildman–Crippen MR) is 121 cm³/mol. The predicted octanol–water partition coefficient (Wildman–Crippen LogP) is 4.14. The number of thioether (sulfide) groups is 1. The number of nitrogens with one attached hydrogen (secondary N) is 2. The summed E-state index contributed by atoms with van der Waals surface area (Å²) in [5, 5.41) is 16.4. The molecular weight excluding hydrogens is 445 g/mol. The summed E-state index contributed by atoms with van der Waals surface area (Å²) in [5.74, 6) is 1.34. The summed E-state index contributed by atoms with van der Waals surface area (Å²) in [6.45, 7) is 9.21. The van der Waals surface area contributed by atoms with Gasteiger partial charge < -0.3 is 15.7 Å². The van der Waals surface area contributed by atoms with E-state index in [2.05, 4.69) is 55.7 Å². The van der Waals surface area contributed by atoms with Gasteiger partial charge in [0.05, 0.1) is 0 Å². The summed E-state index contributed by atoms with van der Waals surface area (Å²) >= 11 is 1.87. The average molecular weight is 479 g/mol. The Bertz CT molecular complexity index is 453. The van der Waals surface area contributed by atoms with Gasteiger partial charge in [0.1, 0.15) is 0 Å². The van der Waals surface area contributed by atoms with Crippen LogP contribution in [0.5, 0.6) is 0 Å². The number of benzene rings is 1. The minimum absolute atomic E-state index is 0. The third kappa shape index (κ3) is 11.7. The summed E-state index contributed by atoms with van der Waals surface area (Å²) in [5.41, 5.74) is 0. The van der Waals surface area contributed by atoms with E-state index in [4.69, 9.17) is 10.1 Å². The molecule has 0 saturated heterocycles. The number of rotatable bonds is 11. The van der Waals surface area contributed by atoms with Gasteiger partial charge in [0, 0.05) is 36.4 Å². The molecule has 0 radical (unpaired) electrons. The number of hydrogen-bond donors (Lipinski definition) is 3. The lowest BCUT2D eigenvalue weighted by Gasteiger charge is -2.17. The third-order valence-corrected chi connectivity index (χ3v) is 4.84. The summed E-state index contributed by atoms with van der Waals surface area (Å²) < 4.78 is 0. The molecule has 0 aliphatic rings. The molecule has 3 N–H and O–H groups in total. The van der Waals surface area contributed by atoms with Crippen LogP contribution in [-0.4, -0.2) is 42.6 Å². The van der Waals surface area contributed by atoms with Crippen molar-refractivity contribution in [3.8, 4) is 0 Å². The van der Waals surface area contributed by atoms with Gasteiger partial charge in [-0.15, -0.1) is 35.7 Å². The molecule has 0 spiro atoms. The summed E-state index contributed by atoms with van der Waals surface area (Å²) in [4.78, 5) is 6.00. The maximum absolute atomic E-state index is 9.17. The average Bonchev–Trinajstić information content (AvgIpc) is 2.58. The number of guanidine groups is 1. The van der Waals surface area contributed by atoms with Crippen LogP contribution in [0.15, 0.2) is 40.2 Å². The molecular formula is C19H34IN3OS. The molecule has 0 aromatic heterocycles. The number of nitrogens with zero attached hydrogens (tertiary/aromatic N) is 1. The van der Waals surface area contributed by atoms with Crippen LogP contribution < -0.4 is 10.6 Å². The van der Waals surface area contributed by atoms with Crippen LogP contribution in [0, 0.1) is 5.92 Å². The first kappa shape index (κ1) is 24.5. The molecule has 0 heterocycles. The molecule has 0 bridgehead atoms. The van der Waals surface area contributed by atoms with Gasteiger partial charge in [-0.1, -0.05) is 38.5 Å². The van der Waals surface area contributed by atoms with Crippen molar-refractivity contribution in [3.63, 3.8) is 0 Å². The maximum Gasteiger partial charge on any atom is 0.191 e. The molecule has 0 aliphatic heterocycles. The highest BCUT2D eigenvalue weighted by molar-refractivity contribution is 14.0. The van der Waals surface area contributed by atoms with Crippen LogP contribution >= 0.6 is 35.7 Å².